The van der Waals surface area contributed by atoms with E-state index in [1.807, 2.05) is 13.0 Å². The Kier molecular flexibility index (Phi) is 9.39. The van der Waals surface area contributed by atoms with Crippen molar-refractivity contribution in [3.63, 3.8) is 0 Å². The quantitative estimate of drug-likeness (QED) is 0.465. The van der Waals surface area contributed by atoms with Crippen molar-refractivity contribution < 1.29 is 0 Å². The normalized spacial score (nSPS) is 8.88. The monoisotopic (exact) mass is 216 g/mol. The minimum atomic E-state index is 1.19. The lowest BCUT2D eigenvalue weighted by atomic mass is 10.0. The molecule has 0 atom stereocenters. The summed E-state index contributed by atoms with van der Waals surface area (Å²) in [6.07, 6.45) is 8.79. The lowest BCUT2D eigenvalue weighted by Gasteiger charge is -2.04. The Morgan fingerprint density at radius 2 is 1.75 bits per heavy atom. The zero-order valence-corrected chi connectivity index (χ0v) is 10.7. The van der Waals surface area contributed by atoms with Crippen LogP contribution in [0.2, 0.25) is 0 Å². The summed E-state index contributed by atoms with van der Waals surface area (Å²) < 4.78 is 0. The van der Waals surface area contributed by atoms with Crippen LogP contribution >= 0.6 is 0 Å². The molecule has 1 aromatic carbocycles. The summed E-state index contributed by atoms with van der Waals surface area (Å²) in [5, 5.41) is 0. The molecule has 0 saturated carbocycles. The highest BCUT2D eigenvalue weighted by Crippen LogP contribution is 2.13. The second-order valence-corrected chi connectivity index (χ2v) is 3.77. The molecule has 88 valence electrons. The van der Waals surface area contributed by atoms with Crippen molar-refractivity contribution in [2.24, 2.45) is 0 Å². The second kappa shape index (κ2) is 10.2. The van der Waals surface area contributed by atoms with Gasteiger partial charge in [-0.2, -0.15) is 0 Å². The van der Waals surface area contributed by atoms with Crippen LogP contribution in [0.15, 0.2) is 43.5 Å². The molecule has 0 bridgehead atoms. The fraction of sp³-hybridized carbons (Fsp3) is 0.375. The van der Waals surface area contributed by atoms with Crippen LogP contribution in [0.25, 0.3) is 6.08 Å². The summed E-state index contributed by atoms with van der Waals surface area (Å²) in [5.74, 6) is 0. The first kappa shape index (κ1) is 14.7. The van der Waals surface area contributed by atoms with Gasteiger partial charge in [-0.1, -0.05) is 62.8 Å². The zero-order valence-electron chi connectivity index (χ0n) is 10.7. The van der Waals surface area contributed by atoms with E-state index in [4.69, 9.17) is 0 Å². The molecule has 0 heterocycles. The summed E-state index contributed by atoms with van der Waals surface area (Å²) >= 11 is 0. The van der Waals surface area contributed by atoms with Crippen molar-refractivity contribution in [1.29, 1.82) is 0 Å². The van der Waals surface area contributed by atoms with Crippen LogP contribution in [0, 0.1) is 0 Å². The van der Waals surface area contributed by atoms with E-state index < -0.39 is 0 Å². The van der Waals surface area contributed by atoms with Crippen LogP contribution in [0.3, 0.4) is 0 Å². The predicted molar refractivity (Wildman–Crippen MR) is 75.6 cm³/mol. The van der Waals surface area contributed by atoms with Crippen LogP contribution in [-0.2, 0) is 6.42 Å². The van der Waals surface area contributed by atoms with E-state index in [1.165, 1.54) is 36.8 Å². The third kappa shape index (κ3) is 6.23. The Hall–Kier alpha value is -1.30. The van der Waals surface area contributed by atoms with Crippen molar-refractivity contribution in [2.45, 2.75) is 39.5 Å². The average Bonchev–Trinajstić information content (AvgIpc) is 2.31. The predicted octanol–water partition coefficient (Wildman–Crippen LogP) is 5.25. The lowest BCUT2D eigenvalue weighted by Crippen LogP contribution is -1.88. The molecule has 0 spiro atoms. The number of hydrogen-bond acceptors (Lipinski definition) is 0. The maximum absolute atomic E-state index is 3.82. The Morgan fingerprint density at radius 1 is 1.12 bits per heavy atom. The summed E-state index contributed by atoms with van der Waals surface area (Å²) in [5.41, 5.74) is 2.73. The molecule has 0 aromatic heterocycles. The molecule has 0 unspecified atom stereocenters. The van der Waals surface area contributed by atoms with Gasteiger partial charge in [0.15, 0.2) is 0 Å². The van der Waals surface area contributed by atoms with Gasteiger partial charge in [0.1, 0.15) is 0 Å². The van der Waals surface area contributed by atoms with Gasteiger partial charge in [0.05, 0.1) is 0 Å². The molecule has 0 heteroatoms. The number of unbranched alkanes of at least 4 members (excludes halogenated alkanes) is 2. The van der Waals surface area contributed by atoms with Crippen molar-refractivity contribution in [2.75, 3.05) is 0 Å². The summed E-state index contributed by atoms with van der Waals surface area (Å²) in [7, 11) is 0. The van der Waals surface area contributed by atoms with Crippen molar-refractivity contribution >= 4 is 6.08 Å². The second-order valence-electron chi connectivity index (χ2n) is 3.77. The summed E-state index contributed by atoms with van der Waals surface area (Å²) in [4.78, 5) is 0. The van der Waals surface area contributed by atoms with E-state index in [2.05, 4.69) is 44.3 Å². The Balaban J connectivity index is 0.000000673. The highest BCUT2D eigenvalue weighted by molar-refractivity contribution is 5.51. The van der Waals surface area contributed by atoms with Crippen LogP contribution < -0.4 is 0 Å². The molecule has 0 saturated heterocycles. The first-order valence-corrected chi connectivity index (χ1v) is 6.07. The van der Waals surface area contributed by atoms with Gasteiger partial charge in [-0.25, -0.2) is 0 Å². The highest BCUT2D eigenvalue weighted by Gasteiger charge is 1.96. The van der Waals surface area contributed by atoms with Crippen molar-refractivity contribution in [3.8, 4) is 0 Å². The Labute approximate surface area is 101 Å². The van der Waals surface area contributed by atoms with Gasteiger partial charge < -0.3 is 0 Å². The maximum atomic E-state index is 3.82. The third-order valence-electron chi connectivity index (χ3n) is 2.32. The number of benzene rings is 1. The number of hydrogen-bond donors (Lipinski definition) is 0. The highest BCUT2D eigenvalue weighted by atomic mass is 14.0. The number of allylic oxidation sites excluding steroid dienone is 1. The molecule has 0 N–H and O–H groups in total. The van der Waals surface area contributed by atoms with Crippen LogP contribution in [0.4, 0.5) is 0 Å². The van der Waals surface area contributed by atoms with Crippen LogP contribution in [0.1, 0.15) is 44.2 Å². The largest absolute Gasteiger partial charge is 0.103 e. The van der Waals surface area contributed by atoms with E-state index in [1.54, 1.807) is 6.08 Å². The average molecular weight is 216 g/mol. The van der Waals surface area contributed by atoms with Gasteiger partial charge in [-0.3, -0.25) is 0 Å². The SMILES string of the molecule is C=CC.C=Cc1ccccc1CCCCC. The fourth-order valence-corrected chi connectivity index (χ4v) is 1.53. The molecular weight excluding hydrogens is 192 g/mol. The van der Waals surface area contributed by atoms with Crippen molar-refractivity contribution in [3.05, 3.63) is 54.6 Å². The van der Waals surface area contributed by atoms with E-state index in [0.717, 1.165) is 0 Å². The van der Waals surface area contributed by atoms with Gasteiger partial charge in [-0.05, 0) is 30.9 Å². The number of aryl methyl sites for hydroxylation is 1. The van der Waals surface area contributed by atoms with Gasteiger partial charge in [0.25, 0.3) is 0 Å². The fourth-order valence-electron chi connectivity index (χ4n) is 1.53. The summed E-state index contributed by atoms with van der Waals surface area (Å²) in [6.45, 7) is 11.3. The molecule has 0 nitrogen and oxygen atoms in total. The van der Waals surface area contributed by atoms with E-state index in [0.29, 0.717) is 0 Å². The molecule has 1 rings (SSSR count). The minimum absolute atomic E-state index is 1.19. The zero-order chi connectivity index (χ0) is 12.2. The van der Waals surface area contributed by atoms with Crippen molar-refractivity contribution in [1.82, 2.24) is 0 Å². The summed E-state index contributed by atoms with van der Waals surface area (Å²) in [6, 6.07) is 8.51. The first-order valence-electron chi connectivity index (χ1n) is 6.07. The molecule has 0 aliphatic carbocycles. The molecule has 0 fully saturated rings. The third-order valence-corrected chi connectivity index (χ3v) is 2.32. The topological polar surface area (TPSA) is 0 Å². The molecule has 0 aliphatic heterocycles. The van der Waals surface area contributed by atoms with E-state index in [9.17, 15) is 0 Å². The standard InChI is InChI=1S/C13H18.C3H6/c1-3-5-6-10-13-11-8-7-9-12(13)4-2;1-3-2/h4,7-9,11H,2-3,5-6,10H2,1H3;3H,1H2,2H3. The molecular formula is C16H24. The lowest BCUT2D eigenvalue weighted by molar-refractivity contribution is 0.717. The van der Waals surface area contributed by atoms with Crippen LogP contribution in [0.5, 0.6) is 0 Å². The Morgan fingerprint density at radius 3 is 2.31 bits per heavy atom. The first-order chi connectivity index (χ1) is 7.79. The molecule has 1 aromatic rings. The molecule has 0 radical (unpaired) electrons. The smallest absolute Gasteiger partial charge is 0.0230 e. The molecule has 0 amide bonds. The van der Waals surface area contributed by atoms with E-state index >= 15 is 0 Å². The van der Waals surface area contributed by atoms with Gasteiger partial charge >= 0.3 is 0 Å². The molecule has 0 aliphatic rings. The Bertz CT molecular complexity index is 297. The molecule has 16 heavy (non-hydrogen) atoms. The van der Waals surface area contributed by atoms with Gasteiger partial charge in [-0.15, -0.1) is 6.58 Å². The van der Waals surface area contributed by atoms with Gasteiger partial charge in [0.2, 0.25) is 0 Å². The maximum Gasteiger partial charge on any atom is -0.0230 e. The number of rotatable bonds is 5. The minimum Gasteiger partial charge on any atom is -0.103 e. The van der Waals surface area contributed by atoms with Gasteiger partial charge in [0, 0.05) is 0 Å². The van der Waals surface area contributed by atoms with E-state index in [-0.39, 0.29) is 0 Å². The van der Waals surface area contributed by atoms with Crippen LogP contribution in [-0.4, -0.2) is 0 Å².